The Morgan fingerprint density at radius 1 is 1.50 bits per heavy atom. The van der Waals surface area contributed by atoms with Gasteiger partial charge in [0.05, 0.1) is 17.3 Å². The largest absolute Gasteiger partial charge is 0.391 e. The SMILES string of the molecule is Cc1cc(C[C@@H]2CN(C(=O)C3(N)CCCC3)C[C@@H]2O)n[nH]1.Cl. The number of aryl methyl sites for hydroxylation is 1. The number of amides is 1. The normalized spacial score (nSPS) is 27.0. The third kappa shape index (κ3) is 3.29. The van der Waals surface area contributed by atoms with Crippen LogP contribution in [0.1, 0.15) is 37.1 Å². The average molecular weight is 329 g/mol. The molecule has 0 unspecified atom stereocenters. The molecule has 0 spiro atoms. The van der Waals surface area contributed by atoms with Gasteiger partial charge in [0.15, 0.2) is 0 Å². The van der Waals surface area contributed by atoms with Crippen molar-refractivity contribution in [2.24, 2.45) is 11.7 Å². The lowest BCUT2D eigenvalue weighted by molar-refractivity contribution is -0.136. The van der Waals surface area contributed by atoms with Crippen LogP contribution in [0.15, 0.2) is 6.07 Å². The topological polar surface area (TPSA) is 95.2 Å². The zero-order valence-corrected chi connectivity index (χ0v) is 13.7. The van der Waals surface area contributed by atoms with E-state index in [9.17, 15) is 9.90 Å². The van der Waals surface area contributed by atoms with Crippen LogP contribution in [0.3, 0.4) is 0 Å². The van der Waals surface area contributed by atoms with Crippen molar-refractivity contribution in [1.82, 2.24) is 15.1 Å². The Labute approximate surface area is 136 Å². The minimum absolute atomic E-state index is 0. The summed E-state index contributed by atoms with van der Waals surface area (Å²) < 4.78 is 0. The van der Waals surface area contributed by atoms with Crippen molar-refractivity contribution >= 4 is 18.3 Å². The average Bonchev–Trinajstić information content (AvgIpc) is 3.13. The summed E-state index contributed by atoms with van der Waals surface area (Å²) in [5.74, 6) is 0.0569. The third-order valence-electron chi connectivity index (χ3n) is 4.85. The summed E-state index contributed by atoms with van der Waals surface area (Å²) in [4.78, 5) is 14.3. The number of aromatic amines is 1. The van der Waals surface area contributed by atoms with E-state index >= 15 is 0 Å². The van der Waals surface area contributed by atoms with E-state index in [0.29, 0.717) is 19.5 Å². The Balaban J connectivity index is 0.00000176. The number of rotatable bonds is 3. The second-order valence-electron chi connectivity index (χ2n) is 6.65. The molecule has 1 aliphatic heterocycles. The predicted octanol–water partition coefficient (Wildman–Crippen LogP) is 0.773. The molecular weight excluding hydrogens is 304 g/mol. The highest BCUT2D eigenvalue weighted by atomic mass is 35.5. The molecular formula is C15H25ClN4O2. The summed E-state index contributed by atoms with van der Waals surface area (Å²) >= 11 is 0. The van der Waals surface area contributed by atoms with Crippen LogP contribution in [0, 0.1) is 12.8 Å². The number of hydrogen-bond donors (Lipinski definition) is 3. The Morgan fingerprint density at radius 3 is 2.77 bits per heavy atom. The summed E-state index contributed by atoms with van der Waals surface area (Å²) in [6, 6.07) is 1.98. The second-order valence-corrected chi connectivity index (χ2v) is 6.65. The number of aliphatic hydroxyl groups is 1. The Bertz CT molecular complexity index is 527. The van der Waals surface area contributed by atoms with Crippen LogP contribution in [-0.2, 0) is 11.2 Å². The molecule has 1 aliphatic carbocycles. The number of nitrogens with two attached hydrogens (primary N) is 1. The van der Waals surface area contributed by atoms with Gasteiger partial charge in [0.25, 0.3) is 0 Å². The maximum absolute atomic E-state index is 12.6. The van der Waals surface area contributed by atoms with Crippen LogP contribution in [0.2, 0.25) is 0 Å². The monoisotopic (exact) mass is 328 g/mol. The maximum Gasteiger partial charge on any atom is 0.242 e. The standard InChI is InChI=1S/C15H24N4O2.ClH/c1-10-6-12(18-17-10)7-11-8-19(9-13(11)20)14(21)15(16)4-2-3-5-15;/h6,11,13,20H,2-5,7-9,16H2,1H3,(H,17,18);1H/t11-,13+;/m1./s1. The van der Waals surface area contributed by atoms with Crippen LogP contribution in [-0.4, -0.2) is 50.8 Å². The molecule has 1 saturated carbocycles. The summed E-state index contributed by atoms with van der Waals surface area (Å²) in [6.45, 7) is 2.92. The van der Waals surface area contributed by atoms with Crippen LogP contribution in [0.25, 0.3) is 0 Å². The van der Waals surface area contributed by atoms with Gasteiger partial charge in [-0.3, -0.25) is 9.89 Å². The van der Waals surface area contributed by atoms with Crippen LogP contribution < -0.4 is 5.73 Å². The lowest BCUT2D eigenvalue weighted by Crippen LogP contribution is -2.53. The highest BCUT2D eigenvalue weighted by Crippen LogP contribution is 2.31. The molecule has 1 aromatic rings. The molecule has 4 N–H and O–H groups in total. The number of H-pyrrole nitrogens is 1. The van der Waals surface area contributed by atoms with Crippen molar-refractivity contribution in [1.29, 1.82) is 0 Å². The second kappa shape index (κ2) is 6.56. The first kappa shape index (κ1) is 17.2. The van der Waals surface area contributed by atoms with Gasteiger partial charge in [-0.1, -0.05) is 12.8 Å². The number of likely N-dealkylation sites (tertiary alicyclic amines) is 1. The first-order valence-electron chi connectivity index (χ1n) is 7.75. The molecule has 3 rings (SSSR count). The zero-order valence-electron chi connectivity index (χ0n) is 12.9. The van der Waals surface area contributed by atoms with Crippen LogP contribution >= 0.6 is 12.4 Å². The minimum atomic E-state index is -0.697. The first-order valence-corrected chi connectivity index (χ1v) is 7.75. The summed E-state index contributed by atoms with van der Waals surface area (Å²) in [7, 11) is 0. The molecule has 1 aromatic heterocycles. The van der Waals surface area contributed by atoms with Gasteiger partial charge in [-0.25, -0.2) is 0 Å². The molecule has 2 aliphatic rings. The van der Waals surface area contributed by atoms with Crippen molar-refractivity contribution in [3.63, 3.8) is 0 Å². The molecule has 124 valence electrons. The van der Waals surface area contributed by atoms with Gasteiger partial charge in [-0.2, -0.15) is 5.10 Å². The highest BCUT2D eigenvalue weighted by molar-refractivity contribution is 5.86. The molecule has 1 amide bonds. The summed E-state index contributed by atoms with van der Waals surface area (Å²) in [5.41, 5.74) is 7.49. The van der Waals surface area contributed by atoms with Crippen molar-refractivity contribution in [2.75, 3.05) is 13.1 Å². The number of carbonyl (C=O) groups excluding carboxylic acids is 1. The van der Waals surface area contributed by atoms with Gasteiger partial charge in [0.2, 0.25) is 5.91 Å². The van der Waals surface area contributed by atoms with Crippen molar-refractivity contribution in [2.45, 2.75) is 50.7 Å². The third-order valence-corrected chi connectivity index (χ3v) is 4.85. The zero-order chi connectivity index (χ0) is 15.0. The minimum Gasteiger partial charge on any atom is -0.391 e. The quantitative estimate of drug-likeness (QED) is 0.764. The Morgan fingerprint density at radius 2 is 2.18 bits per heavy atom. The fraction of sp³-hybridized carbons (Fsp3) is 0.733. The van der Waals surface area contributed by atoms with Gasteiger partial charge in [0.1, 0.15) is 0 Å². The number of carbonyl (C=O) groups is 1. The lowest BCUT2D eigenvalue weighted by Gasteiger charge is -2.28. The molecule has 2 atom stereocenters. The Kier molecular flexibility index (Phi) is 5.14. The van der Waals surface area contributed by atoms with E-state index in [1.807, 2.05) is 13.0 Å². The number of halogens is 1. The van der Waals surface area contributed by atoms with Crippen molar-refractivity contribution in [3.8, 4) is 0 Å². The molecule has 0 aromatic carbocycles. The molecule has 1 saturated heterocycles. The fourth-order valence-electron chi connectivity index (χ4n) is 3.60. The van der Waals surface area contributed by atoms with Gasteiger partial charge in [-0.15, -0.1) is 12.4 Å². The summed E-state index contributed by atoms with van der Waals surface area (Å²) in [6.07, 6.45) is 3.77. The molecule has 6 nitrogen and oxygen atoms in total. The molecule has 2 fully saturated rings. The van der Waals surface area contributed by atoms with E-state index < -0.39 is 11.6 Å². The van der Waals surface area contributed by atoms with E-state index in [0.717, 1.165) is 37.1 Å². The highest BCUT2D eigenvalue weighted by Gasteiger charge is 2.44. The van der Waals surface area contributed by atoms with E-state index in [1.165, 1.54) is 0 Å². The number of β-amino-alcohol motifs (C(OH)–C–C–N with tert-alkyl or cyclic N) is 1. The van der Waals surface area contributed by atoms with Crippen LogP contribution in [0.5, 0.6) is 0 Å². The van der Waals surface area contributed by atoms with E-state index in [-0.39, 0.29) is 24.2 Å². The first-order chi connectivity index (χ1) is 9.98. The molecule has 0 radical (unpaired) electrons. The molecule has 7 heteroatoms. The van der Waals surface area contributed by atoms with Gasteiger partial charge in [-0.05, 0) is 32.3 Å². The van der Waals surface area contributed by atoms with E-state index in [2.05, 4.69) is 10.2 Å². The Hall–Kier alpha value is -1.11. The molecule has 0 bridgehead atoms. The summed E-state index contributed by atoms with van der Waals surface area (Å²) in [5, 5.41) is 17.4. The predicted molar refractivity (Wildman–Crippen MR) is 85.7 cm³/mol. The van der Waals surface area contributed by atoms with Crippen molar-refractivity contribution < 1.29 is 9.90 Å². The molecule has 22 heavy (non-hydrogen) atoms. The number of hydrogen-bond acceptors (Lipinski definition) is 4. The van der Waals surface area contributed by atoms with Crippen LogP contribution in [0.4, 0.5) is 0 Å². The smallest absolute Gasteiger partial charge is 0.242 e. The van der Waals surface area contributed by atoms with E-state index in [1.54, 1.807) is 4.90 Å². The maximum atomic E-state index is 12.6. The number of aromatic nitrogens is 2. The fourth-order valence-corrected chi connectivity index (χ4v) is 3.60. The lowest BCUT2D eigenvalue weighted by atomic mass is 9.97. The molecule has 2 heterocycles. The van der Waals surface area contributed by atoms with Gasteiger partial charge in [0, 0.05) is 24.7 Å². The number of nitrogens with zero attached hydrogens (tertiary/aromatic N) is 2. The van der Waals surface area contributed by atoms with Gasteiger partial charge >= 0.3 is 0 Å². The number of aliphatic hydroxyl groups excluding tert-OH is 1. The van der Waals surface area contributed by atoms with Crippen molar-refractivity contribution in [3.05, 3.63) is 17.5 Å². The van der Waals surface area contributed by atoms with Gasteiger partial charge < -0.3 is 15.7 Å². The van der Waals surface area contributed by atoms with E-state index in [4.69, 9.17) is 5.73 Å². The number of nitrogens with one attached hydrogen (secondary N) is 1.